The fourth-order valence-electron chi connectivity index (χ4n) is 2.10. The Morgan fingerprint density at radius 2 is 2.00 bits per heavy atom. The first kappa shape index (κ1) is 13.9. The van der Waals surface area contributed by atoms with Crippen molar-refractivity contribution in [3.8, 4) is 0 Å². The van der Waals surface area contributed by atoms with Crippen molar-refractivity contribution in [1.29, 1.82) is 0 Å². The van der Waals surface area contributed by atoms with Crippen molar-refractivity contribution in [3.05, 3.63) is 0 Å². The summed E-state index contributed by atoms with van der Waals surface area (Å²) in [7, 11) is -3.37. The molecule has 0 spiro atoms. The summed E-state index contributed by atoms with van der Waals surface area (Å²) in [5.74, 6) is 0.329. The average molecular weight is 264 g/mol. The van der Waals surface area contributed by atoms with Crippen molar-refractivity contribution in [2.45, 2.75) is 44.9 Å². The number of nitrogens with zero attached hydrogens (tertiary/aromatic N) is 1. The van der Waals surface area contributed by atoms with Crippen LogP contribution in [-0.4, -0.2) is 35.5 Å². The molecule has 6 heteroatoms. The average Bonchev–Trinajstić information content (AvgIpc) is 2.65. The molecule has 0 radical (unpaired) electrons. The zero-order valence-electron chi connectivity index (χ0n) is 10.0. The van der Waals surface area contributed by atoms with E-state index in [4.69, 9.17) is 18.0 Å². The van der Waals surface area contributed by atoms with Gasteiger partial charge in [-0.25, -0.2) is 8.42 Å². The Kier molecular flexibility index (Phi) is 4.31. The number of hydrogen-bond donors (Lipinski definition) is 1. The van der Waals surface area contributed by atoms with Gasteiger partial charge >= 0.3 is 0 Å². The maximum atomic E-state index is 12.2. The standard InChI is InChI=1S/C10H20N2O2S2/c1-7(2)9-5-4-6-12(9)16(13,14)8(3)10(11)15/h7-9H,4-6H2,1-3H3,(H2,11,15). The summed E-state index contributed by atoms with van der Waals surface area (Å²) >= 11 is 4.78. The third-order valence-corrected chi connectivity index (χ3v) is 5.95. The van der Waals surface area contributed by atoms with E-state index in [-0.39, 0.29) is 11.0 Å². The van der Waals surface area contributed by atoms with E-state index in [2.05, 4.69) is 0 Å². The van der Waals surface area contributed by atoms with Crippen LogP contribution in [0.2, 0.25) is 0 Å². The summed E-state index contributed by atoms with van der Waals surface area (Å²) in [6, 6.07) is 0.0989. The quantitative estimate of drug-likeness (QED) is 0.773. The molecule has 0 bridgehead atoms. The van der Waals surface area contributed by atoms with Gasteiger partial charge < -0.3 is 5.73 Å². The van der Waals surface area contributed by atoms with Gasteiger partial charge in [-0.05, 0) is 25.7 Å². The number of rotatable bonds is 4. The van der Waals surface area contributed by atoms with Gasteiger partial charge in [0, 0.05) is 12.6 Å². The molecule has 1 saturated heterocycles. The van der Waals surface area contributed by atoms with Gasteiger partial charge in [0.1, 0.15) is 5.25 Å². The molecule has 2 atom stereocenters. The first-order valence-electron chi connectivity index (χ1n) is 5.58. The summed E-state index contributed by atoms with van der Waals surface area (Å²) in [6.45, 7) is 6.25. The lowest BCUT2D eigenvalue weighted by molar-refractivity contribution is 0.315. The summed E-state index contributed by atoms with van der Waals surface area (Å²) in [6.07, 6.45) is 1.85. The smallest absolute Gasteiger partial charge is 0.223 e. The maximum Gasteiger partial charge on any atom is 0.223 e. The van der Waals surface area contributed by atoms with Crippen molar-refractivity contribution < 1.29 is 8.42 Å². The Labute approximate surface area is 103 Å². The van der Waals surface area contributed by atoms with Gasteiger partial charge in [-0.3, -0.25) is 0 Å². The molecule has 4 nitrogen and oxygen atoms in total. The normalized spacial score (nSPS) is 24.9. The van der Waals surface area contributed by atoms with E-state index >= 15 is 0 Å². The molecule has 0 aromatic heterocycles. The van der Waals surface area contributed by atoms with Crippen LogP contribution >= 0.6 is 12.2 Å². The second-order valence-electron chi connectivity index (χ2n) is 4.65. The van der Waals surface area contributed by atoms with Gasteiger partial charge in [-0.1, -0.05) is 26.1 Å². The molecule has 0 aromatic carbocycles. The lowest BCUT2D eigenvalue weighted by Crippen LogP contribution is -2.46. The molecule has 1 fully saturated rings. The van der Waals surface area contributed by atoms with Crippen LogP contribution in [0.3, 0.4) is 0 Å². The Bertz CT molecular complexity index is 365. The van der Waals surface area contributed by atoms with Crippen LogP contribution in [0, 0.1) is 5.92 Å². The summed E-state index contributed by atoms with van der Waals surface area (Å²) < 4.78 is 26.1. The molecule has 1 rings (SSSR count). The molecule has 1 aliphatic rings. The van der Waals surface area contributed by atoms with E-state index in [0.29, 0.717) is 12.5 Å². The van der Waals surface area contributed by atoms with E-state index < -0.39 is 15.3 Å². The van der Waals surface area contributed by atoms with Crippen LogP contribution in [0.1, 0.15) is 33.6 Å². The van der Waals surface area contributed by atoms with E-state index in [0.717, 1.165) is 12.8 Å². The molecule has 2 unspecified atom stereocenters. The van der Waals surface area contributed by atoms with Crippen LogP contribution in [0.25, 0.3) is 0 Å². The summed E-state index contributed by atoms with van der Waals surface area (Å²) in [4.78, 5) is 0.0504. The van der Waals surface area contributed by atoms with Crippen LogP contribution in [-0.2, 0) is 10.0 Å². The molecule has 94 valence electrons. The van der Waals surface area contributed by atoms with Crippen molar-refractivity contribution in [2.75, 3.05) is 6.54 Å². The Balaban J connectivity index is 2.95. The highest BCUT2D eigenvalue weighted by atomic mass is 32.2. The largest absolute Gasteiger partial charge is 0.392 e. The highest BCUT2D eigenvalue weighted by Gasteiger charge is 2.39. The van der Waals surface area contributed by atoms with Crippen molar-refractivity contribution in [1.82, 2.24) is 4.31 Å². The molecular weight excluding hydrogens is 244 g/mol. The van der Waals surface area contributed by atoms with Crippen LogP contribution < -0.4 is 5.73 Å². The highest BCUT2D eigenvalue weighted by molar-refractivity contribution is 7.92. The third-order valence-electron chi connectivity index (χ3n) is 3.19. The van der Waals surface area contributed by atoms with Gasteiger partial charge in [0.05, 0.1) is 4.99 Å². The fourth-order valence-corrected chi connectivity index (χ4v) is 4.27. The molecular formula is C10H20N2O2S2. The number of sulfonamides is 1. The SMILES string of the molecule is CC(C)C1CCCN1S(=O)(=O)C(C)C(N)=S. The first-order chi connectivity index (χ1) is 7.28. The minimum atomic E-state index is -3.37. The van der Waals surface area contributed by atoms with Crippen LogP contribution in [0.15, 0.2) is 0 Å². The van der Waals surface area contributed by atoms with Crippen LogP contribution in [0.5, 0.6) is 0 Å². The van der Waals surface area contributed by atoms with Crippen molar-refractivity contribution in [2.24, 2.45) is 11.7 Å². The second kappa shape index (κ2) is 4.98. The predicted molar refractivity (Wildman–Crippen MR) is 69.7 cm³/mol. The van der Waals surface area contributed by atoms with Gasteiger partial charge in [0.15, 0.2) is 0 Å². The Morgan fingerprint density at radius 1 is 1.44 bits per heavy atom. The number of hydrogen-bond acceptors (Lipinski definition) is 3. The van der Waals surface area contributed by atoms with Gasteiger partial charge in [0.2, 0.25) is 10.0 Å². The molecule has 0 amide bonds. The van der Waals surface area contributed by atoms with Crippen LogP contribution in [0.4, 0.5) is 0 Å². The topological polar surface area (TPSA) is 63.4 Å². The molecule has 1 heterocycles. The second-order valence-corrected chi connectivity index (χ2v) is 7.33. The van der Waals surface area contributed by atoms with E-state index in [1.54, 1.807) is 11.2 Å². The van der Waals surface area contributed by atoms with Gasteiger partial charge in [-0.15, -0.1) is 0 Å². The zero-order chi connectivity index (χ0) is 12.5. The van der Waals surface area contributed by atoms with E-state index in [9.17, 15) is 8.42 Å². The third kappa shape index (κ3) is 2.55. The lowest BCUT2D eigenvalue weighted by atomic mass is 10.0. The highest BCUT2D eigenvalue weighted by Crippen LogP contribution is 2.28. The summed E-state index contributed by atoms with van der Waals surface area (Å²) in [5.41, 5.74) is 5.44. The molecule has 1 aliphatic heterocycles. The van der Waals surface area contributed by atoms with Gasteiger partial charge in [0.25, 0.3) is 0 Å². The number of thiocarbonyl (C=S) groups is 1. The van der Waals surface area contributed by atoms with E-state index in [1.807, 2.05) is 13.8 Å². The molecule has 16 heavy (non-hydrogen) atoms. The molecule has 2 N–H and O–H groups in total. The van der Waals surface area contributed by atoms with E-state index in [1.165, 1.54) is 0 Å². The zero-order valence-corrected chi connectivity index (χ0v) is 11.6. The molecule has 0 aromatic rings. The lowest BCUT2D eigenvalue weighted by Gasteiger charge is -2.29. The molecule has 0 aliphatic carbocycles. The fraction of sp³-hybridized carbons (Fsp3) is 0.900. The number of nitrogens with two attached hydrogens (primary N) is 1. The van der Waals surface area contributed by atoms with Crippen molar-refractivity contribution in [3.63, 3.8) is 0 Å². The van der Waals surface area contributed by atoms with Crippen molar-refractivity contribution >= 4 is 27.2 Å². The predicted octanol–water partition coefficient (Wildman–Crippen LogP) is 1.11. The first-order valence-corrected chi connectivity index (χ1v) is 7.49. The van der Waals surface area contributed by atoms with Gasteiger partial charge in [-0.2, -0.15) is 4.31 Å². The maximum absolute atomic E-state index is 12.2. The summed E-state index contributed by atoms with van der Waals surface area (Å²) in [5, 5.41) is -0.762. The Hall–Kier alpha value is -0.200. The minimum Gasteiger partial charge on any atom is -0.392 e. The minimum absolute atomic E-state index is 0.0504. The molecule has 0 saturated carbocycles. The Morgan fingerprint density at radius 3 is 2.44 bits per heavy atom. The monoisotopic (exact) mass is 264 g/mol.